The van der Waals surface area contributed by atoms with Crippen LogP contribution in [0.5, 0.6) is 0 Å². The molecule has 0 amide bonds. The second-order valence-electron chi connectivity index (χ2n) is 4.45. The molecule has 5 nitrogen and oxygen atoms in total. The van der Waals surface area contributed by atoms with Gasteiger partial charge in [0.05, 0.1) is 11.7 Å². The quantitative estimate of drug-likeness (QED) is 0.760. The average molecular weight is 292 g/mol. The van der Waals surface area contributed by atoms with Crippen molar-refractivity contribution in [1.82, 2.24) is 15.5 Å². The van der Waals surface area contributed by atoms with Gasteiger partial charge in [0.15, 0.2) is 0 Å². The molecule has 2 aromatic rings. The minimum absolute atomic E-state index is 0.0637. The van der Waals surface area contributed by atoms with Crippen molar-refractivity contribution in [2.75, 3.05) is 18.1 Å². The number of benzene rings is 1. The zero-order valence-corrected chi connectivity index (χ0v) is 12.8. The van der Waals surface area contributed by atoms with Crippen LogP contribution in [0.2, 0.25) is 0 Å². The first kappa shape index (κ1) is 14.9. The molecule has 108 valence electrons. The summed E-state index contributed by atoms with van der Waals surface area (Å²) in [4.78, 5) is 1.14. The first-order valence-corrected chi connectivity index (χ1v) is 7.94. The Morgan fingerprint density at radius 2 is 2.10 bits per heavy atom. The van der Waals surface area contributed by atoms with E-state index >= 15 is 0 Å². The smallest absolute Gasteiger partial charge is 0.320 e. The standard InChI is InChI=1S/C14H20N4OS/c1-4-9-15-10(2)13-17-18-14(19-13)16-11-7-5-6-8-12(11)20-3/h5-8,10,15H,4,9H2,1-3H3,(H,16,18). The maximum absolute atomic E-state index is 5.64. The fourth-order valence-electron chi connectivity index (χ4n) is 1.77. The summed E-state index contributed by atoms with van der Waals surface area (Å²) >= 11 is 1.67. The first-order valence-electron chi connectivity index (χ1n) is 6.71. The summed E-state index contributed by atoms with van der Waals surface area (Å²) < 4.78 is 5.64. The van der Waals surface area contributed by atoms with Crippen molar-refractivity contribution in [2.45, 2.75) is 31.2 Å². The summed E-state index contributed by atoms with van der Waals surface area (Å²) in [5, 5.41) is 14.6. The van der Waals surface area contributed by atoms with E-state index < -0.39 is 0 Å². The van der Waals surface area contributed by atoms with Crippen LogP contribution < -0.4 is 10.6 Å². The molecule has 0 saturated heterocycles. The number of para-hydroxylation sites is 1. The summed E-state index contributed by atoms with van der Waals surface area (Å²) in [6.45, 7) is 5.07. The van der Waals surface area contributed by atoms with Gasteiger partial charge in [0.2, 0.25) is 5.89 Å². The molecule has 1 atom stereocenters. The number of nitrogens with zero attached hydrogens (tertiary/aromatic N) is 2. The largest absolute Gasteiger partial charge is 0.406 e. The van der Waals surface area contributed by atoms with Crippen molar-refractivity contribution in [3.05, 3.63) is 30.2 Å². The lowest BCUT2D eigenvalue weighted by Crippen LogP contribution is -2.19. The molecule has 2 N–H and O–H groups in total. The maximum atomic E-state index is 5.64. The molecule has 1 aromatic heterocycles. The van der Waals surface area contributed by atoms with E-state index in [1.54, 1.807) is 11.8 Å². The van der Waals surface area contributed by atoms with E-state index in [1.165, 1.54) is 0 Å². The zero-order chi connectivity index (χ0) is 14.4. The van der Waals surface area contributed by atoms with Gasteiger partial charge in [0.1, 0.15) is 0 Å². The van der Waals surface area contributed by atoms with Crippen LogP contribution in [0.4, 0.5) is 11.7 Å². The molecule has 6 heteroatoms. The Labute approximate surface area is 123 Å². The maximum Gasteiger partial charge on any atom is 0.320 e. The van der Waals surface area contributed by atoms with Gasteiger partial charge in [-0.3, -0.25) is 0 Å². The lowest BCUT2D eigenvalue weighted by Gasteiger charge is -2.08. The fourth-order valence-corrected chi connectivity index (χ4v) is 2.32. The normalized spacial score (nSPS) is 12.3. The van der Waals surface area contributed by atoms with Crippen LogP contribution in [-0.4, -0.2) is 23.0 Å². The van der Waals surface area contributed by atoms with E-state index in [0.717, 1.165) is 23.5 Å². The van der Waals surface area contributed by atoms with Gasteiger partial charge in [-0.1, -0.05) is 24.2 Å². The van der Waals surface area contributed by atoms with Gasteiger partial charge in [-0.2, -0.15) is 0 Å². The highest BCUT2D eigenvalue weighted by Gasteiger charge is 2.13. The second kappa shape index (κ2) is 7.31. The van der Waals surface area contributed by atoms with Gasteiger partial charge in [-0.15, -0.1) is 16.9 Å². The molecule has 0 fully saturated rings. The zero-order valence-electron chi connectivity index (χ0n) is 12.0. The van der Waals surface area contributed by atoms with Crippen molar-refractivity contribution < 1.29 is 4.42 Å². The minimum Gasteiger partial charge on any atom is -0.406 e. The molecule has 0 aliphatic rings. The number of hydrogen-bond acceptors (Lipinski definition) is 6. The van der Waals surface area contributed by atoms with Gasteiger partial charge in [0, 0.05) is 4.90 Å². The Kier molecular flexibility index (Phi) is 5.43. The monoisotopic (exact) mass is 292 g/mol. The van der Waals surface area contributed by atoms with E-state index in [4.69, 9.17) is 4.42 Å². The van der Waals surface area contributed by atoms with Crippen LogP contribution >= 0.6 is 11.8 Å². The van der Waals surface area contributed by atoms with Crippen LogP contribution in [0.15, 0.2) is 33.6 Å². The van der Waals surface area contributed by atoms with Crippen molar-refractivity contribution in [2.24, 2.45) is 0 Å². The molecule has 1 heterocycles. The molecule has 0 bridgehead atoms. The molecule has 20 heavy (non-hydrogen) atoms. The van der Waals surface area contributed by atoms with E-state index in [1.807, 2.05) is 31.4 Å². The van der Waals surface area contributed by atoms with E-state index in [-0.39, 0.29) is 6.04 Å². The third-order valence-electron chi connectivity index (χ3n) is 2.86. The van der Waals surface area contributed by atoms with Gasteiger partial charge in [-0.05, 0) is 38.3 Å². The molecule has 0 aliphatic carbocycles. The van der Waals surface area contributed by atoms with Crippen LogP contribution in [0.3, 0.4) is 0 Å². The third kappa shape index (κ3) is 3.74. The predicted molar refractivity (Wildman–Crippen MR) is 82.5 cm³/mol. The SMILES string of the molecule is CCCNC(C)c1nnc(Nc2ccccc2SC)o1. The highest BCUT2D eigenvalue weighted by molar-refractivity contribution is 7.98. The Morgan fingerprint density at radius 1 is 1.30 bits per heavy atom. The Bertz CT molecular complexity index is 543. The molecular formula is C14H20N4OS. The summed E-state index contributed by atoms with van der Waals surface area (Å²) in [5.41, 5.74) is 0.976. The fraction of sp³-hybridized carbons (Fsp3) is 0.429. The lowest BCUT2D eigenvalue weighted by molar-refractivity contribution is 0.424. The summed E-state index contributed by atoms with van der Waals surface area (Å²) in [6, 6.07) is 8.52. The highest BCUT2D eigenvalue weighted by atomic mass is 32.2. The van der Waals surface area contributed by atoms with Gasteiger partial charge in [-0.25, -0.2) is 0 Å². The number of rotatable bonds is 7. The number of anilines is 2. The van der Waals surface area contributed by atoms with Crippen LogP contribution in [0.1, 0.15) is 32.2 Å². The average Bonchev–Trinajstić information content (AvgIpc) is 2.94. The topological polar surface area (TPSA) is 63.0 Å². The molecule has 1 aromatic carbocycles. The molecule has 1 unspecified atom stereocenters. The van der Waals surface area contributed by atoms with Crippen molar-refractivity contribution in [3.63, 3.8) is 0 Å². The van der Waals surface area contributed by atoms with Gasteiger partial charge < -0.3 is 15.1 Å². The van der Waals surface area contributed by atoms with Crippen LogP contribution in [-0.2, 0) is 0 Å². The molecule has 0 aliphatic heterocycles. The van der Waals surface area contributed by atoms with E-state index in [0.29, 0.717) is 11.9 Å². The summed E-state index contributed by atoms with van der Waals surface area (Å²) in [6.07, 6.45) is 3.11. The predicted octanol–water partition coefficient (Wildman–Crippen LogP) is 3.60. The molecule has 0 spiro atoms. The lowest BCUT2D eigenvalue weighted by atomic mass is 10.3. The summed E-state index contributed by atoms with van der Waals surface area (Å²) in [7, 11) is 0. The molecule has 2 rings (SSSR count). The van der Waals surface area contributed by atoms with Crippen molar-refractivity contribution in [1.29, 1.82) is 0 Å². The third-order valence-corrected chi connectivity index (χ3v) is 3.66. The highest BCUT2D eigenvalue weighted by Crippen LogP contribution is 2.27. The Balaban J connectivity index is 2.05. The van der Waals surface area contributed by atoms with E-state index in [9.17, 15) is 0 Å². The first-order chi connectivity index (χ1) is 9.74. The number of nitrogens with one attached hydrogen (secondary N) is 2. The molecule has 0 radical (unpaired) electrons. The molecular weight excluding hydrogens is 272 g/mol. The van der Waals surface area contributed by atoms with Crippen molar-refractivity contribution in [3.8, 4) is 0 Å². The van der Waals surface area contributed by atoms with Gasteiger partial charge >= 0.3 is 6.01 Å². The van der Waals surface area contributed by atoms with Gasteiger partial charge in [0.25, 0.3) is 0 Å². The van der Waals surface area contributed by atoms with Crippen molar-refractivity contribution >= 4 is 23.5 Å². The Hall–Kier alpha value is -1.53. The molecule has 0 saturated carbocycles. The second-order valence-corrected chi connectivity index (χ2v) is 5.29. The van der Waals surface area contributed by atoms with Crippen LogP contribution in [0.25, 0.3) is 0 Å². The minimum atomic E-state index is 0.0637. The number of aromatic nitrogens is 2. The summed E-state index contributed by atoms with van der Waals surface area (Å²) in [5.74, 6) is 0.600. The number of hydrogen-bond donors (Lipinski definition) is 2. The van der Waals surface area contributed by atoms with E-state index in [2.05, 4.69) is 33.8 Å². The van der Waals surface area contributed by atoms with Crippen LogP contribution in [0, 0.1) is 0 Å². The number of thioether (sulfide) groups is 1. The Morgan fingerprint density at radius 3 is 2.85 bits per heavy atom.